The van der Waals surface area contributed by atoms with Crippen LogP contribution in [0.25, 0.3) is 11.3 Å². The van der Waals surface area contributed by atoms with E-state index in [0.29, 0.717) is 24.5 Å². The summed E-state index contributed by atoms with van der Waals surface area (Å²) in [7, 11) is 3.22. The first-order valence-electron chi connectivity index (χ1n) is 8.22. The van der Waals surface area contributed by atoms with Gasteiger partial charge in [-0.2, -0.15) is 0 Å². The summed E-state index contributed by atoms with van der Waals surface area (Å²) in [5, 5.41) is 6.70. The second-order valence-corrected chi connectivity index (χ2v) is 5.63. The highest BCUT2D eigenvalue weighted by molar-refractivity contribution is 5.93. The number of aromatic nitrogens is 1. The zero-order valence-electron chi connectivity index (χ0n) is 14.7. The van der Waals surface area contributed by atoms with Crippen LogP contribution in [0.15, 0.2) is 59.1 Å². The number of nitrogens with zero attached hydrogens (tertiary/aromatic N) is 1. The zero-order chi connectivity index (χ0) is 18.4. The minimum atomic E-state index is -0.275. The number of hydrogen-bond donors (Lipinski definition) is 1. The number of para-hydroxylation sites is 1. The van der Waals surface area contributed by atoms with Crippen molar-refractivity contribution in [3.63, 3.8) is 0 Å². The van der Waals surface area contributed by atoms with Crippen LogP contribution in [0.1, 0.15) is 16.1 Å². The fraction of sp³-hybridized carbons (Fsp3) is 0.200. The molecule has 0 aliphatic rings. The van der Waals surface area contributed by atoms with Crippen LogP contribution in [0.5, 0.6) is 11.5 Å². The van der Waals surface area contributed by atoms with Crippen LogP contribution in [0.2, 0.25) is 0 Å². The Morgan fingerprint density at radius 1 is 1.08 bits per heavy atom. The van der Waals surface area contributed by atoms with Crippen LogP contribution < -0.4 is 14.8 Å². The molecular weight excluding hydrogens is 332 g/mol. The molecule has 1 aromatic heterocycles. The molecule has 134 valence electrons. The van der Waals surface area contributed by atoms with Gasteiger partial charge < -0.3 is 19.3 Å². The molecule has 0 saturated heterocycles. The summed E-state index contributed by atoms with van der Waals surface area (Å²) in [6.07, 6.45) is 0.715. The van der Waals surface area contributed by atoms with E-state index in [9.17, 15) is 4.79 Å². The summed E-state index contributed by atoms with van der Waals surface area (Å²) >= 11 is 0. The zero-order valence-corrected chi connectivity index (χ0v) is 14.7. The molecule has 0 aliphatic heterocycles. The Labute approximate surface area is 151 Å². The van der Waals surface area contributed by atoms with Gasteiger partial charge in [0.1, 0.15) is 11.5 Å². The van der Waals surface area contributed by atoms with Crippen molar-refractivity contribution in [2.75, 3.05) is 20.8 Å². The van der Waals surface area contributed by atoms with Gasteiger partial charge in [-0.05, 0) is 36.2 Å². The van der Waals surface area contributed by atoms with E-state index in [4.69, 9.17) is 14.0 Å². The second kappa shape index (κ2) is 8.20. The van der Waals surface area contributed by atoms with Crippen molar-refractivity contribution >= 4 is 5.91 Å². The molecule has 1 heterocycles. The van der Waals surface area contributed by atoms with Crippen molar-refractivity contribution in [1.82, 2.24) is 10.5 Å². The molecule has 0 unspecified atom stereocenters. The Morgan fingerprint density at radius 2 is 1.85 bits per heavy atom. The van der Waals surface area contributed by atoms with Gasteiger partial charge in [0.2, 0.25) is 0 Å². The van der Waals surface area contributed by atoms with E-state index in [1.54, 1.807) is 20.3 Å². The summed E-state index contributed by atoms with van der Waals surface area (Å²) in [6.45, 7) is 0.502. The first kappa shape index (κ1) is 17.5. The van der Waals surface area contributed by atoms with Gasteiger partial charge in [-0.15, -0.1) is 0 Å². The van der Waals surface area contributed by atoms with Gasteiger partial charge >= 0.3 is 0 Å². The number of rotatable bonds is 7. The van der Waals surface area contributed by atoms with Gasteiger partial charge in [0.25, 0.3) is 5.91 Å². The monoisotopic (exact) mass is 352 g/mol. The second-order valence-electron chi connectivity index (χ2n) is 5.63. The molecule has 0 aliphatic carbocycles. The van der Waals surface area contributed by atoms with Crippen molar-refractivity contribution in [3.8, 4) is 22.8 Å². The first-order valence-corrected chi connectivity index (χ1v) is 8.22. The van der Waals surface area contributed by atoms with Crippen molar-refractivity contribution < 1.29 is 18.8 Å². The van der Waals surface area contributed by atoms with E-state index < -0.39 is 0 Å². The van der Waals surface area contributed by atoms with Crippen LogP contribution in [-0.2, 0) is 6.42 Å². The lowest BCUT2D eigenvalue weighted by molar-refractivity contribution is 0.0945. The number of amides is 1. The number of carbonyl (C=O) groups is 1. The summed E-state index contributed by atoms with van der Waals surface area (Å²) in [6, 6.07) is 16.8. The third-order valence-electron chi connectivity index (χ3n) is 3.97. The molecule has 1 N–H and O–H groups in total. The van der Waals surface area contributed by atoms with E-state index in [2.05, 4.69) is 10.5 Å². The Hall–Kier alpha value is -3.28. The molecule has 3 rings (SSSR count). The molecule has 26 heavy (non-hydrogen) atoms. The lowest BCUT2D eigenvalue weighted by Gasteiger charge is -2.05. The van der Waals surface area contributed by atoms with Gasteiger partial charge in [-0.1, -0.05) is 29.4 Å². The van der Waals surface area contributed by atoms with Gasteiger partial charge in [-0.3, -0.25) is 4.79 Å². The topological polar surface area (TPSA) is 73.6 Å². The lowest BCUT2D eigenvalue weighted by Crippen LogP contribution is -2.25. The third kappa shape index (κ3) is 4.03. The molecule has 0 saturated carbocycles. The maximum absolute atomic E-state index is 12.2. The van der Waals surface area contributed by atoms with Gasteiger partial charge in [0.15, 0.2) is 11.5 Å². The highest BCUT2D eigenvalue weighted by Gasteiger charge is 2.15. The highest BCUT2D eigenvalue weighted by Crippen LogP contribution is 2.29. The molecule has 0 fully saturated rings. The van der Waals surface area contributed by atoms with Crippen LogP contribution >= 0.6 is 0 Å². The van der Waals surface area contributed by atoms with Crippen LogP contribution in [0.3, 0.4) is 0 Å². The smallest absolute Gasteiger partial charge is 0.273 e. The third-order valence-corrected chi connectivity index (χ3v) is 3.97. The van der Waals surface area contributed by atoms with Crippen molar-refractivity contribution in [1.29, 1.82) is 0 Å². The van der Waals surface area contributed by atoms with Crippen molar-refractivity contribution in [3.05, 3.63) is 65.9 Å². The molecule has 6 heteroatoms. The molecule has 0 radical (unpaired) electrons. The van der Waals surface area contributed by atoms with E-state index >= 15 is 0 Å². The van der Waals surface area contributed by atoms with Gasteiger partial charge in [0.05, 0.1) is 19.8 Å². The van der Waals surface area contributed by atoms with Crippen LogP contribution in [-0.4, -0.2) is 31.8 Å². The van der Waals surface area contributed by atoms with Crippen LogP contribution in [0, 0.1) is 0 Å². The SMILES string of the molecule is COc1ccc(CCNC(=O)c2cc(-c3ccccc3OC)on2)cc1. The number of benzene rings is 2. The highest BCUT2D eigenvalue weighted by atomic mass is 16.5. The molecule has 3 aromatic rings. The van der Waals surface area contributed by atoms with Crippen molar-refractivity contribution in [2.24, 2.45) is 0 Å². The number of nitrogens with one attached hydrogen (secondary N) is 1. The summed E-state index contributed by atoms with van der Waals surface area (Å²) in [4.78, 5) is 12.2. The molecule has 2 aromatic carbocycles. The van der Waals surface area contributed by atoms with E-state index in [1.807, 2.05) is 48.5 Å². The Kier molecular flexibility index (Phi) is 5.53. The number of carbonyl (C=O) groups excluding carboxylic acids is 1. The maximum atomic E-state index is 12.2. The molecule has 0 bridgehead atoms. The molecule has 0 spiro atoms. The Balaban J connectivity index is 1.59. The largest absolute Gasteiger partial charge is 0.497 e. The fourth-order valence-electron chi connectivity index (χ4n) is 2.56. The van der Waals surface area contributed by atoms with E-state index in [1.165, 1.54) is 0 Å². The van der Waals surface area contributed by atoms with Crippen LogP contribution in [0.4, 0.5) is 0 Å². The lowest BCUT2D eigenvalue weighted by atomic mass is 10.1. The predicted molar refractivity (Wildman–Crippen MR) is 97.5 cm³/mol. The number of methoxy groups -OCH3 is 2. The van der Waals surface area contributed by atoms with E-state index in [0.717, 1.165) is 16.9 Å². The Morgan fingerprint density at radius 3 is 2.58 bits per heavy atom. The maximum Gasteiger partial charge on any atom is 0.273 e. The number of ether oxygens (including phenoxy) is 2. The van der Waals surface area contributed by atoms with Gasteiger partial charge in [0, 0.05) is 12.6 Å². The molecule has 6 nitrogen and oxygen atoms in total. The minimum Gasteiger partial charge on any atom is -0.497 e. The standard InChI is InChI=1S/C20H20N2O4/c1-24-15-9-7-14(8-10-15)11-12-21-20(23)17-13-19(26-22-17)16-5-3-4-6-18(16)25-2/h3-10,13H,11-12H2,1-2H3,(H,21,23). The quantitative estimate of drug-likeness (QED) is 0.706. The molecule has 1 amide bonds. The first-order chi connectivity index (χ1) is 12.7. The predicted octanol–water partition coefficient (Wildman–Crippen LogP) is 3.33. The summed E-state index contributed by atoms with van der Waals surface area (Å²) < 4.78 is 15.7. The average molecular weight is 352 g/mol. The summed E-state index contributed by atoms with van der Waals surface area (Å²) in [5.74, 6) is 1.69. The minimum absolute atomic E-state index is 0.237. The average Bonchev–Trinajstić information content (AvgIpc) is 3.18. The van der Waals surface area contributed by atoms with Gasteiger partial charge in [-0.25, -0.2) is 0 Å². The summed E-state index contributed by atoms with van der Waals surface area (Å²) in [5.41, 5.74) is 2.10. The van der Waals surface area contributed by atoms with Crippen molar-refractivity contribution in [2.45, 2.75) is 6.42 Å². The normalized spacial score (nSPS) is 10.4. The Bertz CT molecular complexity index is 872. The number of hydrogen-bond acceptors (Lipinski definition) is 5. The fourth-order valence-corrected chi connectivity index (χ4v) is 2.56. The van der Waals surface area contributed by atoms with E-state index in [-0.39, 0.29) is 11.6 Å². The molecular formula is C20H20N2O4. The molecule has 0 atom stereocenters.